The van der Waals surface area contributed by atoms with Crippen LogP contribution in [0.2, 0.25) is 0 Å². The summed E-state index contributed by atoms with van der Waals surface area (Å²) in [4.78, 5) is 0. The molecule has 2 heteroatoms. The number of para-hydroxylation sites is 1. The van der Waals surface area contributed by atoms with Crippen molar-refractivity contribution >= 4 is 6.08 Å². The van der Waals surface area contributed by atoms with Crippen molar-refractivity contribution in [2.24, 2.45) is 5.41 Å². The van der Waals surface area contributed by atoms with Crippen LogP contribution in [0.25, 0.3) is 6.08 Å². The van der Waals surface area contributed by atoms with Gasteiger partial charge in [-0.25, -0.2) is 0 Å². The Morgan fingerprint density at radius 2 is 2.11 bits per heavy atom. The lowest BCUT2D eigenvalue weighted by Crippen LogP contribution is -2.29. The Balaban J connectivity index is 2.06. The average molecular weight is 246 g/mol. The zero-order valence-corrected chi connectivity index (χ0v) is 11.5. The lowest BCUT2D eigenvalue weighted by atomic mass is 9.82. The molecule has 0 bridgehead atoms. The first-order valence-corrected chi connectivity index (χ1v) is 6.53. The highest BCUT2D eigenvalue weighted by atomic mass is 16.5. The summed E-state index contributed by atoms with van der Waals surface area (Å²) in [7, 11) is 1.70. The molecule has 1 fully saturated rings. The second kappa shape index (κ2) is 5.57. The van der Waals surface area contributed by atoms with Gasteiger partial charge in [-0.05, 0) is 24.3 Å². The Bertz CT molecular complexity index is 421. The first kappa shape index (κ1) is 13.2. The molecule has 1 aliphatic rings. The molecule has 1 aromatic rings. The average Bonchev–Trinajstić information content (AvgIpc) is 2.35. The molecule has 0 spiro atoms. The van der Waals surface area contributed by atoms with Crippen LogP contribution in [0.15, 0.2) is 30.3 Å². The van der Waals surface area contributed by atoms with Gasteiger partial charge < -0.3 is 9.47 Å². The maximum atomic E-state index is 5.78. The van der Waals surface area contributed by atoms with Gasteiger partial charge in [0.15, 0.2) is 0 Å². The lowest BCUT2D eigenvalue weighted by Gasteiger charge is -2.34. The van der Waals surface area contributed by atoms with E-state index in [9.17, 15) is 0 Å². The minimum absolute atomic E-state index is 0.221. The predicted molar refractivity (Wildman–Crippen MR) is 74.8 cm³/mol. The van der Waals surface area contributed by atoms with Gasteiger partial charge in [-0.1, -0.05) is 44.2 Å². The maximum Gasteiger partial charge on any atom is 0.126 e. The smallest absolute Gasteiger partial charge is 0.126 e. The molecular weight excluding hydrogens is 224 g/mol. The molecule has 2 rings (SSSR count). The van der Waals surface area contributed by atoms with Gasteiger partial charge in [0.05, 0.1) is 13.2 Å². The standard InChI is InChI=1S/C16H22O2/c1-16(2)10-11-18-14(12-16)9-8-13-6-4-5-7-15(13)17-3/h4-9,14H,10-12H2,1-3H3/b9-8+. The fourth-order valence-electron chi connectivity index (χ4n) is 2.33. The molecule has 1 aliphatic heterocycles. The molecule has 1 heterocycles. The van der Waals surface area contributed by atoms with Crippen molar-refractivity contribution in [3.8, 4) is 5.75 Å². The third-order valence-corrected chi connectivity index (χ3v) is 3.49. The van der Waals surface area contributed by atoms with E-state index in [0.29, 0.717) is 5.41 Å². The first-order valence-electron chi connectivity index (χ1n) is 6.53. The highest BCUT2D eigenvalue weighted by Gasteiger charge is 2.27. The van der Waals surface area contributed by atoms with E-state index in [-0.39, 0.29) is 6.10 Å². The molecule has 1 saturated heterocycles. The lowest BCUT2D eigenvalue weighted by molar-refractivity contribution is -0.00951. The van der Waals surface area contributed by atoms with E-state index in [1.54, 1.807) is 7.11 Å². The summed E-state index contributed by atoms with van der Waals surface area (Å²) in [6.07, 6.45) is 6.70. The van der Waals surface area contributed by atoms with Crippen molar-refractivity contribution in [2.75, 3.05) is 13.7 Å². The summed E-state index contributed by atoms with van der Waals surface area (Å²) in [5, 5.41) is 0. The van der Waals surface area contributed by atoms with Crippen LogP contribution in [0.1, 0.15) is 32.3 Å². The van der Waals surface area contributed by atoms with Gasteiger partial charge in [-0.2, -0.15) is 0 Å². The Labute approximate surface area is 110 Å². The Morgan fingerprint density at radius 1 is 1.33 bits per heavy atom. The minimum atomic E-state index is 0.221. The molecule has 0 radical (unpaired) electrons. The van der Waals surface area contributed by atoms with Crippen LogP contribution in [0.5, 0.6) is 5.75 Å². The monoisotopic (exact) mass is 246 g/mol. The number of ether oxygens (including phenoxy) is 2. The number of hydrogen-bond donors (Lipinski definition) is 0. The second-order valence-corrected chi connectivity index (χ2v) is 5.63. The van der Waals surface area contributed by atoms with E-state index in [2.05, 4.69) is 32.1 Å². The van der Waals surface area contributed by atoms with Crippen molar-refractivity contribution in [1.82, 2.24) is 0 Å². The van der Waals surface area contributed by atoms with Crippen molar-refractivity contribution in [3.63, 3.8) is 0 Å². The summed E-state index contributed by atoms with van der Waals surface area (Å²) in [6, 6.07) is 8.04. The van der Waals surface area contributed by atoms with Gasteiger partial charge >= 0.3 is 0 Å². The molecule has 1 unspecified atom stereocenters. The fourth-order valence-corrected chi connectivity index (χ4v) is 2.33. The van der Waals surface area contributed by atoms with Crippen LogP contribution >= 0.6 is 0 Å². The Kier molecular flexibility index (Phi) is 4.07. The molecule has 0 aromatic heterocycles. The van der Waals surface area contributed by atoms with E-state index < -0.39 is 0 Å². The molecule has 2 nitrogen and oxygen atoms in total. The zero-order valence-electron chi connectivity index (χ0n) is 11.5. The van der Waals surface area contributed by atoms with Crippen LogP contribution in [0.4, 0.5) is 0 Å². The predicted octanol–water partition coefficient (Wildman–Crippen LogP) is 3.91. The minimum Gasteiger partial charge on any atom is -0.496 e. The highest BCUT2D eigenvalue weighted by molar-refractivity contribution is 5.57. The van der Waals surface area contributed by atoms with Crippen molar-refractivity contribution in [1.29, 1.82) is 0 Å². The van der Waals surface area contributed by atoms with Gasteiger partial charge in [0.2, 0.25) is 0 Å². The highest BCUT2D eigenvalue weighted by Crippen LogP contribution is 2.33. The maximum absolute atomic E-state index is 5.78. The molecule has 0 aliphatic carbocycles. The summed E-state index contributed by atoms with van der Waals surface area (Å²) in [5.41, 5.74) is 1.49. The third kappa shape index (κ3) is 3.36. The van der Waals surface area contributed by atoms with Crippen LogP contribution < -0.4 is 4.74 Å². The summed E-state index contributed by atoms with van der Waals surface area (Å²) < 4.78 is 11.1. The molecular formula is C16H22O2. The van der Waals surface area contributed by atoms with Gasteiger partial charge in [0.1, 0.15) is 5.75 Å². The fraction of sp³-hybridized carbons (Fsp3) is 0.500. The molecule has 1 aromatic carbocycles. The van der Waals surface area contributed by atoms with E-state index in [1.807, 2.05) is 18.2 Å². The van der Waals surface area contributed by atoms with Gasteiger partial charge in [0.25, 0.3) is 0 Å². The quantitative estimate of drug-likeness (QED) is 0.805. The van der Waals surface area contributed by atoms with E-state index in [4.69, 9.17) is 9.47 Å². The SMILES string of the molecule is COc1ccccc1/C=C/C1CC(C)(C)CCO1. The second-order valence-electron chi connectivity index (χ2n) is 5.63. The van der Waals surface area contributed by atoms with Gasteiger partial charge in [-0.15, -0.1) is 0 Å². The van der Waals surface area contributed by atoms with E-state index in [0.717, 1.165) is 30.8 Å². The Hall–Kier alpha value is -1.28. The summed E-state index contributed by atoms with van der Waals surface area (Å²) in [5.74, 6) is 0.906. The molecule has 0 N–H and O–H groups in total. The van der Waals surface area contributed by atoms with Crippen LogP contribution in [-0.2, 0) is 4.74 Å². The number of benzene rings is 1. The van der Waals surface area contributed by atoms with Crippen LogP contribution in [-0.4, -0.2) is 19.8 Å². The van der Waals surface area contributed by atoms with E-state index in [1.165, 1.54) is 0 Å². The van der Waals surface area contributed by atoms with Crippen molar-refractivity contribution in [2.45, 2.75) is 32.8 Å². The number of hydrogen-bond acceptors (Lipinski definition) is 2. The zero-order chi connectivity index (χ0) is 13.0. The summed E-state index contributed by atoms with van der Waals surface area (Å²) in [6.45, 7) is 5.47. The molecule has 1 atom stereocenters. The topological polar surface area (TPSA) is 18.5 Å². The Morgan fingerprint density at radius 3 is 2.83 bits per heavy atom. The number of methoxy groups -OCH3 is 1. The normalized spacial score (nSPS) is 23.2. The third-order valence-electron chi connectivity index (χ3n) is 3.49. The van der Waals surface area contributed by atoms with E-state index >= 15 is 0 Å². The molecule has 98 valence electrons. The largest absolute Gasteiger partial charge is 0.496 e. The molecule has 18 heavy (non-hydrogen) atoms. The molecule has 0 amide bonds. The van der Waals surface area contributed by atoms with Crippen molar-refractivity contribution < 1.29 is 9.47 Å². The summed E-state index contributed by atoms with van der Waals surface area (Å²) >= 11 is 0. The van der Waals surface area contributed by atoms with Gasteiger partial charge in [0, 0.05) is 12.2 Å². The van der Waals surface area contributed by atoms with Crippen LogP contribution in [0.3, 0.4) is 0 Å². The van der Waals surface area contributed by atoms with Gasteiger partial charge in [-0.3, -0.25) is 0 Å². The first-order chi connectivity index (χ1) is 8.61. The number of rotatable bonds is 3. The molecule has 0 saturated carbocycles. The van der Waals surface area contributed by atoms with Crippen LogP contribution in [0, 0.1) is 5.41 Å². The van der Waals surface area contributed by atoms with Crippen molar-refractivity contribution in [3.05, 3.63) is 35.9 Å².